The van der Waals surface area contributed by atoms with Gasteiger partial charge in [-0.15, -0.1) is 0 Å². The van der Waals surface area contributed by atoms with Gasteiger partial charge in [0, 0.05) is 12.2 Å². The molecule has 5 heteroatoms. The van der Waals surface area contributed by atoms with Gasteiger partial charge in [0.25, 0.3) is 0 Å². The number of hydrogen-bond acceptors (Lipinski definition) is 2. The molecule has 0 spiro atoms. The minimum atomic E-state index is -0.696. The van der Waals surface area contributed by atoms with Crippen molar-refractivity contribution in [3.05, 3.63) is 30.3 Å². The van der Waals surface area contributed by atoms with Gasteiger partial charge in [-0.05, 0) is 43.7 Å². The van der Waals surface area contributed by atoms with Crippen LogP contribution in [-0.4, -0.2) is 23.7 Å². The second-order valence-electron chi connectivity index (χ2n) is 5.26. The Labute approximate surface area is 118 Å². The molecule has 1 aliphatic rings. The third kappa shape index (κ3) is 4.26. The molecule has 2 rings (SSSR count). The molecule has 1 aliphatic carbocycles. The Morgan fingerprint density at radius 1 is 1.10 bits per heavy atom. The average molecular weight is 276 g/mol. The molecule has 1 fully saturated rings. The SMILES string of the molecule is O=C(NCC1CCC(C(=O)O)CC1)Nc1ccccc1. The molecule has 2 amide bonds. The number of carboxylic acid groups (broad SMARTS) is 1. The number of carbonyl (C=O) groups excluding carboxylic acids is 1. The summed E-state index contributed by atoms with van der Waals surface area (Å²) in [5, 5.41) is 14.5. The Balaban J connectivity index is 1.68. The van der Waals surface area contributed by atoms with Gasteiger partial charge in [-0.2, -0.15) is 0 Å². The minimum absolute atomic E-state index is 0.204. The summed E-state index contributed by atoms with van der Waals surface area (Å²) in [5.74, 6) is -0.519. The van der Waals surface area contributed by atoms with Crippen LogP contribution >= 0.6 is 0 Å². The highest BCUT2D eigenvalue weighted by atomic mass is 16.4. The van der Waals surface area contributed by atoms with Gasteiger partial charge in [-0.25, -0.2) is 4.79 Å². The topological polar surface area (TPSA) is 78.4 Å². The predicted molar refractivity (Wildman–Crippen MR) is 76.5 cm³/mol. The van der Waals surface area contributed by atoms with E-state index in [9.17, 15) is 9.59 Å². The quantitative estimate of drug-likeness (QED) is 0.791. The van der Waals surface area contributed by atoms with Crippen LogP contribution in [0.1, 0.15) is 25.7 Å². The zero-order chi connectivity index (χ0) is 14.4. The second kappa shape index (κ2) is 6.93. The van der Waals surface area contributed by atoms with Crippen molar-refractivity contribution in [1.82, 2.24) is 5.32 Å². The highest BCUT2D eigenvalue weighted by Gasteiger charge is 2.25. The Morgan fingerprint density at radius 3 is 2.35 bits per heavy atom. The number of aliphatic carboxylic acids is 1. The molecule has 0 unspecified atom stereocenters. The van der Waals surface area contributed by atoms with Crippen molar-refractivity contribution in [1.29, 1.82) is 0 Å². The molecule has 0 atom stereocenters. The van der Waals surface area contributed by atoms with Gasteiger partial charge in [-0.1, -0.05) is 18.2 Å². The van der Waals surface area contributed by atoms with Crippen LogP contribution in [-0.2, 0) is 4.79 Å². The van der Waals surface area contributed by atoms with E-state index in [-0.39, 0.29) is 11.9 Å². The van der Waals surface area contributed by atoms with Gasteiger partial charge < -0.3 is 15.7 Å². The van der Waals surface area contributed by atoms with E-state index in [1.165, 1.54) is 0 Å². The third-order valence-corrected chi connectivity index (χ3v) is 3.78. The summed E-state index contributed by atoms with van der Waals surface area (Å²) in [6.45, 7) is 0.602. The maximum absolute atomic E-state index is 11.7. The fourth-order valence-corrected chi connectivity index (χ4v) is 2.55. The first-order valence-corrected chi connectivity index (χ1v) is 6.98. The molecule has 108 valence electrons. The fourth-order valence-electron chi connectivity index (χ4n) is 2.55. The van der Waals surface area contributed by atoms with Gasteiger partial charge in [0.05, 0.1) is 5.92 Å². The Morgan fingerprint density at radius 2 is 1.75 bits per heavy atom. The number of nitrogens with one attached hydrogen (secondary N) is 2. The number of benzene rings is 1. The smallest absolute Gasteiger partial charge is 0.319 e. The lowest BCUT2D eigenvalue weighted by atomic mass is 9.82. The minimum Gasteiger partial charge on any atom is -0.481 e. The summed E-state index contributed by atoms with van der Waals surface area (Å²) in [5.41, 5.74) is 0.764. The summed E-state index contributed by atoms with van der Waals surface area (Å²) < 4.78 is 0. The first-order valence-electron chi connectivity index (χ1n) is 6.98. The number of carbonyl (C=O) groups is 2. The van der Waals surface area contributed by atoms with E-state index in [0.717, 1.165) is 18.5 Å². The van der Waals surface area contributed by atoms with Crippen LogP contribution in [0.2, 0.25) is 0 Å². The monoisotopic (exact) mass is 276 g/mol. The van der Waals surface area contributed by atoms with Crippen molar-refractivity contribution < 1.29 is 14.7 Å². The maximum Gasteiger partial charge on any atom is 0.319 e. The first kappa shape index (κ1) is 14.4. The number of para-hydroxylation sites is 1. The molecule has 0 aromatic heterocycles. The van der Waals surface area contributed by atoms with Crippen molar-refractivity contribution in [3.8, 4) is 0 Å². The lowest BCUT2D eigenvalue weighted by molar-refractivity contribution is -0.143. The molecular weight excluding hydrogens is 256 g/mol. The normalized spacial score (nSPS) is 22.0. The van der Waals surface area contributed by atoms with Crippen LogP contribution in [0.5, 0.6) is 0 Å². The van der Waals surface area contributed by atoms with Crippen LogP contribution in [0.25, 0.3) is 0 Å². The predicted octanol–water partition coefficient (Wildman–Crippen LogP) is 2.70. The largest absolute Gasteiger partial charge is 0.481 e. The van der Waals surface area contributed by atoms with E-state index < -0.39 is 5.97 Å². The molecule has 1 aromatic rings. The van der Waals surface area contributed by atoms with Gasteiger partial charge >= 0.3 is 12.0 Å². The van der Waals surface area contributed by atoms with Crippen LogP contribution in [0.3, 0.4) is 0 Å². The van der Waals surface area contributed by atoms with Crippen molar-refractivity contribution in [3.63, 3.8) is 0 Å². The summed E-state index contributed by atoms with van der Waals surface area (Å²) in [6.07, 6.45) is 3.15. The Hall–Kier alpha value is -2.04. The summed E-state index contributed by atoms with van der Waals surface area (Å²) >= 11 is 0. The summed E-state index contributed by atoms with van der Waals surface area (Å²) in [6, 6.07) is 9.07. The van der Waals surface area contributed by atoms with Gasteiger partial charge in [0.15, 0.2) is 0 Å². The molecule has 0 heterocycles. The second-order valence-corrected chi connectivity index (χ2v) is 5.26. The van der Waals surface area contributed by atoms with Crippen molar-refractivity contribution in [2.24, 2.45) is 11.8 Å². The van der Waals surface area contributed by atoms with Crippen molar-refractivity contribution in [2.75, 3.05) is 11.9 Å². The number of hydrogen-bond donors (Lipinski definition) is 3. The molecule has 20 heavy (non-hydrogen) atoms. The number of urea groups is 1. The van der Waals surface area contributed by atoms with Crippen LogP contribution in [0.15, 0.2) is 30.3 Å². The van der Waals surface area contributed by atoms with Crippen molar-refractivity contribution >= 4 is 17.7 Å². The summed E-state index contributed by atoms with van der Waals surface area (Å²) in [7, 11) is 0. The standard InChI is InChI=1S/C15H20N2O3/c18-14(19)12-8-6-11(7-9-12)10-16-15(20)17-13-4-2-1-3-5-13/h1-5,11-12H,6-10H2,(H,18,19)(H2,16,17,20). The van der Waals surface area contributed by atoms with E-state index in [4.69, 9.17) is 5.11 Å². The third-order valence-electron chi connectivity index (χ3n) is 3.78. The van der Waals surface area contributed by atoms with E-state index >= 15 is 0 Å². The molecule has 0 saturated heterocycles. The zero-order valence-corrected chi connectivity index (χ0v) is 11.3. The fraction of sp³-hybridized carbons (Fsp3) is 0.467. The molecule has 0 aliphatic heterocycles. The highest BCUT2D eigenvalue weighted by molar-refractivity contribution is 5.89. The lowest BCUT2D eigenvalue weighted by Crippen LogP contribution is -2.35. The maximum atomic E-state index is 11.7. The van der Waals surface area contributed by atoms with Crippen molar-refractivity contribution in [2.45, 2.75) is 25.7 Å². The number of amides is 2. The van der Waals surface area contributed by atoms with Crippen LogP contribution < -0.4 is 10.6 Å². The number of carboxylic acids is 1. The van der Waals surface area contributed by atoms with Crippen LogP contribution in [0.4, 0.5) is 10.5 Å². The van der Waals surface area contributed by atoms with Gasteiger partial charge in [-0.3, -0.25) is 4.79 Å². The van der Waals surface area contributed by atoms with E-state index in [1.54, 1.807) is 0 Å². The molecular formula is C15H20N2O3. The van der Waals surface area contributed by atoms with Gasteiger partial charge in [0.1, 0.15) is 0 Å². The molecule has 1 aromatic carbocycles. The lowest BCUT2D eigenvalue weighted by Gasteiger charge is -2.26. The van der Waals surface area contributed by atoms with E-state index in [2.05, 4.69) is 10.6 Å². The average Bonchev–Trinajstić information content (AvgIpc) is 2.46. The number of rotatable bonds is 4. The first-order chi connectivity index (χ1) is 9.65. The molecule has 0 radical (unpaired) electrons. The van der Waals surface area contributed by atoms with E-state index in [1.807, 2.05) is 30.3 Å². The molecule has 3 N–H and O–H groups in total. The van der Waals surface area contributed by atoms with Crippen LogP contribution in [0, 0.1) is 11.8 Å². The molecule has 0 bridgehead atoms. The molecule has 1 saturated carbocycles. The van der Waals surface area contributed by atoms with Gasteiger partial charge in [0.2, 0.25) is 0 Å². The Kier molecular flexibility index (Phi) is 4.98. The highest BCUT2D eigenvalue weighted by Crippen LogP contribution is 2.28. The number of anilines is 1. The Bertz CT molecular complexity index is 453. The zero-order valence-electron chi connectivity index (χ0n) is 11.3. The molecule has 5 nitrogen and oxygen atoms in total. The summed E-state index contributed by atoms with van der Waals surface area (Å²) in [4.78, 5) is 22.6. The van der Waals surface area contributed by atoms with E-state index in [0.29, 0.717) is 25.3 Å².